The number of aryl methyl sites for hydroxylation is 1. The molecule has 6 nitrogen and oxygen atoms in total. The van der Waals surface area contributed by atoms with Crippen LogP contribution in [0.4, 0.5) is 5.69 Å². The Labute approximate surface area is 145 Å². The highest BCUT2D eigenvalue weighted by Crippen LogP contribution is 2.15. The highest BCUT2D eigenvalue weighted by molar-refractivity contribution is 5.93. The molecule has 2 aromatic heterocycles. The van der Waals surface area contributed by atoms with Gasteiger partial charge in [0.05, 0.1) is 5.69 Å². The van der Waals surface area contributed by atoms with Crippen LogP contribution in [0, 0.1) is 6.92 Å². The van der Waals surface area contributed by atoms with Gasteiger partial charge < -0.3 is 5.32 Å². The third-order valence-electron chi connectivity index (χ3n) is 3.81. The molecule has 3 aromatic rings. The van der Waals surface area contributed by atoms with Crippen molar-refractivity contribution in [3.05, 3.63) is 76.8 Å². The molecular weight excluding hydrogens is 316 g/mol. The van der Waals surface area contributed by atoms with E-state index in [1.165, 1.54) is 10.7 Å². The van der Waals surface area contributed by atoms with Gasteiger partial charge in [-0.2, -0.15) is 5.10 Å². The lowest BCUT2D eigenvalue weighted by Gasteiger charge is -2.15. The minimum atomic E-state index is -0.746. The number of nitrogens with one attached hydrogen (secondary N) is 1. The van der Waals surface area contributed by atoms with Crippen LogP contribution in [0.5, 0.6) is 0 Å². The molecule has 3 rings (SSSR count). The highest BCUT2D eigenvalue weighted by Gasteiger charge is 2.18. The molecule has 0 aliphatic heterocycles. The maximum atomic E-state index is 12.5. The highest BCUT2D eigenvalue weighted by atomic mass is 16.2. The summed E-state index contributed by atoms with van der Waals surface area (Å²) in [5, 5.41) is 7.14. The number of amides is 1. The lowest BCUT2D eigenvalue weighted by Crippen LogP contribution is -2.33. The van der Waals surface area contributed by atoms with Crippen molar-refractivity contribution in [2.45, 2.75) is 19.9 Å². The largest absolute Gasteiger partial charge is 0.324 e. The first kappa shape index (κ1) is 16.6. The quantitative estimate of drug-likeness (QED) is 0.796. The minimum Gasteiger partial charge on any atom is -0.324 e. The standard InChI is InChI=1S/C19H18N4O2/c1-13-5-3-7-16(11-13)21-19(25)14(2)23-18(24)9-8-17(22-23)15-6-4-10-20-12-15/h3-12,14H,1-2H3,(H,21,25). The second-order valence-electron chi connectivity index (χ2n) is 5.78. The van der Waals surface area contributed by atoms with Crippen molar-refractivity contribution < 1.29 is 4.79 Å². The molecule has 25 heavy (non-hydrogen) atoms. The number of rotatable bonds is 4. The van der Waals surface area contributed by atoms with Gasteiger partial charge in [0.25, 0.3) is 5.56 Å². The molecule has 0 bridgehead atoms. The summed E-state index contributed by atoms with van der Waals surface area (Å²) in [6.07, 6.45) is 3.33. The van der Waals surface area contributed by atoms with Gasteiger partial charge in [0.2, 0.25) is 5.91 Å². The average Bonchev–Trinajstić information content (AvgIpc) is 2.62. The first-order chi connectivity index (χ1) is 12.0. The number of carbonyl (C=O) groups excluding carboxylic acids is 1. The molecule has 0 aliphatic carbocycles. The van der Waals surface area contributed by atoms with E-state index in [1.54, 1.807) is 37.5 Å². The van der Waals surface area contributed by atoms with Gasteiger partial charge in [-0.1, -0.05) is 12.1 Å². The molecule has 2 heterocycles. The van der Waals surface area contributed by atoms with Crippen LogP contribution in [0.25, 0.3) is 11.3 Å². The molecular formula is C19H18N4O2. The predicted octanol–water partition coefficient (Wildman–Crippen LogP) is 2.81. The molecule has 0 radical (unpaired) electrons. The van der Waals surface area contributed by atoms with Crippen molar-refractivity contribution in [3.63, 3.8) is 0 Å². The van der Waals surface area contributed by atoms with Crippen LogP contribution in [-0.2, 0) is 4.79 Å². The summed E-state index contributed by atoms with van der Waals surface area (Å²) in [7, 11) is 0. The molecule has 6 heteroatoms. The molecule has 1 atom stereocenters. The van der Waals surface area contributed by atoms with E-state index >= 15 is 0 Å². The zero-order valence-electron chi connectivity index (χ0n) is 14.0. The van der Waals surface area contributed by atoms with Gasteiger partial charge in [-0.15, -0.1) is 0 Å². The fourth-order valence-corrected chi connectivity index (χ4v) is 2.45. The summed E-state index contributed by atoms with van der Waals surface area (Å²) in [6, 6.07) is 13.4. The number of hydrogen-bond donors (Lipinski definition) is 1. The van der Waals surface area contributed by atoms with Crippen LogP contribution in [0.15, 0.2) is 65.7 Å². The summed E-state index contributed by atoms with van der Waals surface area (Å²) in [6.45, 7) is 3.59. The number of benzene rings is 1. The molecule has 0 fully saturated rings. The van der Waals surface area contributed by atoms with Crippen LogP contribution in [0.2, 0.25) is 0 Å². The van der Waals surface area contributed by atoms with E-state index < -0.39 is 6.04 Å². The topological polar surface area (TPSA) is 76.9 Å². The van der Waals surface area contributed by atoms with Crippen molar-refractivity contribution in [1.29, 1.82) is 0 Å². The smallest absolute Gasteiger partial charge is 0.267 e. The third kappa shape index (κ3) is 3.80. The van der Waals surface area contributed by atoms with Gasteiger partial charge in [0.15, 0.2) is 0 Å². The second kappa shape index (κ2) is 7.09. The Bertz CT molecular complexity index is 951. The first-order valence-corrected chi connectivity index (χ1v) is 7.92. The lowest BCUT2D eigenvalue weighted by atomic mass is 10.2. The number of aromatic nitrogens is 3. The average molecular weight is 334 g/mol. The molecule has 126 valence electrons. The van der Waals surface area contributed by atoms with Gasteiger partial charge >= 0.3 is 0 Å². The van der Waals surface area contributed by atoms with Crippen molar-refractivity contribution in [1.82, 2.24) is 14.8 Å². The normalized spacial score (nSPS) is 11.8. The van der Waals surface area contributed by atoms with Crippen LogP contribution in [0.3, 0.4) is 0 Å². The van der Waals surface area contributed by atoms with Crippen molar-refractivity contribution in [2.24, 2.45) is 0 Å². The summed E-state index contributed by atoms with van der Waals surface area (Å²) in [5.74, 6) is -0.302. The van der Waals surface area contributed by atoms with Gasteiger partial charge in [-0.3, -0.25) is 14.6 Å². The van der Waals surface area contributed by atoms with Gasteiger partial charge in [-0.05, 0) is 49.7 Å². The molecule has 1 amide bonds. The monoisotopic (exact) mass is 334 g/mol. The van der Waals surface area contributed by atoms with E-state index in [1.807, 2.05) is 31.2 Å². The summed E-state index contributed by atoms with van der Waals surface area (Å²) < 4.78 is 1.19. The third-order valence-corrected chi connectivity index (χ3v) is 3.81. The predicted molar refractivity (Wildman–Crippen MR) is 96.2 cm³/mol. The Kier molecular flexibility index (Phi) is 4.70. The maximum Gasteiger partial charge on any atom is 0.267 e. The van der Waals surface area contributed by atoms with Gasteiger partial charge in [0, 0.05) is 29.7 Å². The Balaban J connectivity index is 1.87. The Morgan fingerprint density at radius 3 is 2.72 bits per heavy atom. The zero-order valence-corrected chi connectivity index (χ0v) is 14.0. The van der Waals surface area contributed by atoms with Gasteiger partial charge in [0.1, 0.15) is 6.04 Å². The Morgan fingerprint density at radius 1 is 1.16 bits per heavy atom. The van der Waals surface area contributed by atoms with E-state index in [0.29, 0.717) is 11.4 Å². The molecule has 0 aliphatic rings. The van der Waals surface area contributed by atoms with Gasteiger partial charge in [-0.25, -0.2) is 4.68 Å². The minimum absolute atomic E-state index is 0.302. The van der Waals surface area contributed by atoms with Crippen molar-refractivity contribution in [2.75, 3.05) is 5.32 Å². The van der Waals surface area contributed by atoms with Crippen LogP contribution in [0.1, 0.15) is 18.5 Å². The van der Waals surface area contributed by atoms with E-state index in [-0.39, 0.29) is 11.5 Å². The van der Waals surface area contributed by atoms with Crippen LogP contribution in [-0.4, -0.2) is 20.7 Å². The molecule has 0 spiro atoms. The van der Waals surface area contributed by atoms with E-state index in [9.17, 15) is 9.59 Å². The van der Waals surface area contributed by atoms with E-state index in [2.05, 4.69) is 15.4 Å². The lowest BCUT2D eigenvalue weighted by molar-refractivity contribution is -0.119. The van der Waals surface area contributed by atoms with E-state index in [4.69, 9.17) is 0 Å². The van der Waals surface area contributed by atoms with Crippen LogP contribution >= 0.6 is 0 Å². The second-order valence-corrected chi connectivity index (χ2v) is 5.78. The number of hydrogen-bond acceptors (Lipinski definition) is 4. The fraction of sp³-hybridized carbons (Fsp3) is 0.158. The summed E-state index contributed by atoms with van der Waals surface area (Å²) in [4.78, 5) is 28.7. The SMILES string of the molecule is Cc1cccc(NC(=O)C(C)n2nc(-c3cccnc3)ccc2=O)c1. The maximum absolute atomic E-state index is 12.5. The number of pyridine rings is 1. The van der Waals surface area contributed by atoms with E-state index in [0.717, 1.165) is 11.1 Å². The molecule has 0 saturated heterocycles. The molecule has 0 saturated carbocycles. The molecule has 1 aromatic carbocycles. The molecule has 1 N–H and O–H groups in total. The number of nitrogens with zero attached hydrogens (tertiary/aromatic N) is 3. The summed E-state index contributed by atoms with van der Waals surface area (Å²) in [5.41, 5.74) is 2.76. The van der Waals surface area contributed by atoms with Crippen molar-refractivity contribution in [3.8, 4) is 11.3 Å². The molecule has 1 unspecified atom stereocenters. The zero-order chi connectivity index (χ0) is 17.8. The number of anilines is 1. The fourth-order valence-electron chi connectivity index (χ4n) is 2.45. The Hall–Kier alpha value is -3.28. The van der Waals surface area contributed by atoms with Crippen LogP contribution < -0.4 is 10.9 Å². The first-order valence-electron chi connectivity index (χ1n) is 7.92. The number of carbonyl (C=O) groups is 1. The summed E-state index contributed by atoms with van der Waals surface area (Å²) >= 11 is 0. The Morgan fingerprint density at radius 2 is 2.00 bits per heavy atom. The van der Waals surface area contributed by atoms with Crippen molar-refractivity contribution >= 4 is 11.6 Å².